The Kier molecular flexibility index (Phi) is 5.83. The van der Waals surface area contributed by atoms with E-state index in [0.29, 0.717) is 6.04 Å². The second-order valence-electron chi connectivity index (χ2n) is 7.27. The van der Waals surface area contributed by atoms with E-state index < -0.39 is 0 Å². The molecule has 0 spiro atoms. The van der Waals surface area contributed by atoms with E-state index in [9.17, 15) is 0 Å². The molecule has 0 amide bonds. The van der Waals surface area contributed by atoms with E-state index in [1.807, 2.05) is 0 Å². The Labute approximate surface area is 130 Å². The maximum atomic E-state index is 3.79. The standard InChI is InChI=1S/C19H32N2/c1-16(2)9-8-14-21-15-19(4,20-13-12-17(21)3)18-10-6-5-7-11-18/h5-7,10-11,16-17,20H,8-9,12-15H2,1-4H3. The Morgan fingerprint density at radius 3 is 2.67 bits per heavy atom. The topological polar surface area (TPSA) is 15.3 Å². The lowest BCUT2D eigenvalue weighted by Crippen LogP contribution is -2.47. The van der Waals surface area contributed by atoms with Gasteiger partial charge >= 0.3 is 0 Å². The second-order valence-corrected chi connectivity index (χ2v) is 7.27. The first-order chi connectivity index (χ1) is 10.0. The normalized spacial score (nSPS) is 27.8. The molecule has 1 aliphatic heterocycles. The van der Waals surface area contributed by atoms with Gasteiger partial charge in [-0.25, -0.2) is 0 Å². The maximum Gasteiger partial charge on any atom is 0.0535 e. The summed E-state index contributed by atoms with van der Waals surface area (Å²) in [4.78, 5) is 2.69. The van der Waals surface area contributed by atoms with Crippen molar-refractivity contribution in [1.29, 1.82) is 0 Å². The Bertz CT molecular complexity index is 415. The van der Waals surface area contributed by atoms with Crippen molar-refractivity contribution in [2.45, 2.75) is 58.5 Å². The molecule has 2 nitrogen and oxygen atoms in total. The van der Waals surface area contributed by atoms with E-state index in [0.717, 1.165) is 19.0 Å². The maximum absolute atomic E-state index is 3.79. The summed E-state index contributed by atoms with van der Waals surface area (Å²) in [7, 11) is 0. The van der Waals surface area contributed by atoms with E-state index in [1.54, 1.807) is 0 Å². The number of nitrogens with zero attached hydrogens (tertiary/aromatic N) is 1. The van der Waals surface area contributed by atoms with Gasteiger partial charge in [0.15, 0.2) is 0 Å². The van der Waals surface area contributed by atoms with Crippen molar-refractivity contribution in [3.8, 4) is 0 Å². The summed E-state index contributed by atoms with van der Waals surface area (Å²) in [6, 6.07) is 11.6. The molecular weight excluding hydrogens is 256 g/mol. The summed E-state index contributed by atoms with van der Waals surface area (Å²) in [5.74, 6) is 0.811. The average Bonchev–Trinajstić information content (AvgIpc) is 2.60. The molecule has 1 fully saturated rings. The zero-order valence-corrected chi connectivity index (χ0v) is 14.2. The van der Waals surface area contributed by atoms with Crippen molar-refractivity contribution in [2.75, 3.05) is 19.6 Å². The predicted octanol–water partition coefficient (Wildman–Crippen LogP) is 4.02. The summed E-state index contributed by atoms with van der Waals surface area (Å²) in [6.45, 7) is 12.8. The van der Waals surface area contributed by atoms with Crippen LogP contribution in [0.2, 0.25) is 0 Å². The lowest BCUT2D eigenvalue weighted by atomic mass is 9.91. The predicted molar refractivity (Wildman–Crippen MR) is 91.5 cm³/mol. The van der Waals surface area contributed by atoms with Crippen LogP contribution < -0.4 is 5.32 Å². The van der Waals surface area contributed by atoms with Crippen molar-refractivity contribution < 1.29 is 0 Å². The van der Waals surface area contributed by atoms with Gasteiger partial charge in [-0.05, 0) is 57.7 Å². The minimum atomic E-state index is 0.0733. The molecular formula is C19H32N2. The van der Waals surface area contributed by atoms with Gasteiger partial charge in [-0.1, -0.05) is 44.2 Å². The molecule has 0 aromatic heterocycles. The summed E-state index contributed by atoms with van der Waals surface area (Å²) < 4.78 is 0. The molecule has 2 rings (SSSR count). The fourth-order valence-electron chi connectivity index (χ4n) is 3.36. The average molecular weight is 288 g/mol. The van der Waals surface area contributed by atoms with Crippen LogP contribution in [0.1, 0.15) is 52.5 Å². The molecule has 1 aromatic carbocycles. The Hall–Kier alpha value is -0.860. The molecule has 0 saturated carbocycles. The minimum Gasteiger partial charge on any atom is -0.306 e. The first-order valence-electron chi connectivity index (χ1n) is 8.56. The largest absolute Gasteiger partial charge is 0.306 e. The van der Waals surface area contributed by atoms with Gasteiger partial charge in [-0.3, -0.25) is 4.90 Å². The van der Waals surface area contributed by atoms with E-state index in [2.05, 4.69) is 68.2 Å². The van der Waals surface area contributed by atoms with E-state index in [1.165, 1.54) is 31.4 Å². The SMILES string of the molecule is CC(C)CCCN1CC(C)(c2ccccc2)NCCC1C. The number of rotatable bonds is 5. The van der Waals surface area contributed by atoms with Gasteiger partial charge in [-0.15, -0.1) is 0 Å². The van der Waals surface area contributed by atoms with Gasteiger partial charge in [0, 0.05) is 12.6 Å². The summed E-state index contributed by atoms with van der Waals surface area (Å²) in [5, 5.41) is 3.79. The molecule has 1 N–H and O–H groups in total. The molecule has 2 unspecified atom stereocenters. The zero-order valence-electron chi connectivity index (χ0n) is 14.2. The third kappa shape index (κ3) is 4.55. The van der Waals surface area contributed by atoms with E-state index in [4.69, 9.17) is 0 Å². The van der Waals surface area contributed by atoms with Crippen LogP contribution in [0, 0.1) is 5.92 Å². The number of nitrogens with one attached hydrogen (secondary N) is 1. The van der Waals surface area contributed by atoms with Gasteiger partial charge in [0.25, 0.3) is 0 Å². The smallest absolute Gasteiger partial charge is 0.0535 e. The molecule has 2 atom stereocenters. The fourth-order valence-corrected chi connectivity index (χ4v) is 3.36. The third-order valence-electron chi connectivity index (χ3n) is 4.86. The Morgan fingerprint density at radius 2 is 2.00 bits per heavy atom. The molecule has 0 aliphatic carbocycles. The summed E-state index contributed by atoms with van der Waals surface area (Å²) in [5.41, 5.74) is 1.48. The quantitative estimate of drug-likeness (QED) is 0.880. The van der Waals surface area contributed by atoms with Gasteiger partial charge in [0.05, 0.1) is 5.54 Å². The highest BCUT2D eigenvalue weighted by Gasteiger charge is 2.32. The molecule has 1 heterocycles. The molecule has 1 aromatic rings. The highest BCUT2D eigenvalue weighted by Crippen LogP contribution is 2.26. The lowest BCUT2D eigenvalue weighted by Gasteiger charge is -2.36. The number of benzene rings is 1. The van der Waals surface area contributed by atoms with E-state index >= 15 is 0 Å². The molecule has 1 saturated heterocycles. The van der Waals surface area contributed by atoms with Crippen molar-refractivity contribution in [2.24, 2.45) is 5.92 Å². The number of hydrogen-bond donors (Lipinski definition) is 1. The van der Waals surface area contributed by atoms with Crippen LogP contribution in [-0.4, -0.2) is 30.6 Å². The van der Waals surface area contributed by atoms with Crippen molar-refractivity contribution in [3.63, 3.8) is 0 Å². The van der Waals surface area contributed by atoms with Gasteiger partial charge < -0.3 is 5.32 Å². The van der Waals surface area contributed by atoms with Crippen LogP contribution in [0.25, 0.3) is 0 Å². The van der Waals surface area contributed by atoms with Crippen LogP contribution in [0.3, 0.4) is 0 Å². The van der Waals surface area contributed by atoms with Crippen LogP contribution in [0.15, 0.2) is 30.3 Å². The highest BCUT2D eigenvalue weighted by molar-refractivity contribution is 5.24. The number of hydrogen-bond acceptors (Lipinski definition) is 2. The van der Waals surface area contributed by atoms with Crippen LogP contribution in [0.5, 0.6) is 0 Å². The van der Waals surface area contributed by atoms with Gasteiger partial charge in [0.1, 0.15) is 0 Å². The second kappa shape index (κ2) is 7.42. The molecule has 2 heteroatoms. The van der Waals surface area contributed by atoms with Crippen molar-refractivity contribution >= 4 is 0 Å². The van der Waals surface area contributed by atoms with E-state index in [-0.39, 0.29) is 5.54 Å². The monoisotopic (exact) mass is 288 g/mol. The summed E-state index contributed by atoms with van der Waals surface area (Å²) >= 11 is 0. The highest BCUT2D eigenvalue weighted by atomic mass is 15.2. The lowest BCUT2D eigenvalue weighted by molar-refractivity contribution is 0.169. The fraction of sp³-hybridized carbons (Fsp3) is 0.684. The first kappa shape index (κ1) is 16.5. The minimum absolute atomic E-state index is 0.0733. The van der Waals surface area contributed by atoms with Gasteiger partial charge in [-0.2, -0.15) is 0 Å². The molecule has 0 bridgehead atoms. The van der Waals surface area contributed by atoms with Crippen molar-refractivity contribution in [3.05, 3.63) is 35.9 Å². The molecule has 118 valence electrons. The van der Waals surface area contributed by atoms with Crippen LogP contribution >= 0.6 is 0 Å². The summed E-state index contributed by atoms with van der Waals surface area (Å²) in [6.07, 6.45) is 3.88. The molecule has 1 aliphatic rings. The van der Waals surface area contributed by atoms with Crippen LogP contribution in [-0.2, 0) is 5.54 Å². The Morgan fingerprint density at radius 1 is 1.29 bits per heavy atom. The molecule has 21 heavy (non-hydrogen) atoms. The third-order valence-corrected chi connectivity index (χ3v) is 4.86. The van der Waals surface area contributed by atoms with Crippen LogP contribution in [0.4, 0.5) is 0 Å². The van der Waals surface area contributed by atoms with Crippen molar-refractivity contribution in [1.82, 2.24) is 10.2 Å². The van der Waals surface area contributed by atoms with Gasteiger partial charge in [0.2, 0.25) is 0 Å². The Balaban J connectivity index is 2.06. The molecule has 0 radical (unpaired) electrons. The first-order valence-corrected chi connectivity index (χ1v) is 8.56. The zero-order chi connectivity index (χ0) is 15.3.